The molecule has 0 saturated heterocycles. The van der Waals surface area contributed by atoms with Crippen molar-refractivity contribution in [1.82, 2.24) is 14.8 Å². The third kappa shape index (κ3) is 5.05. The molecule has 4 nitrogen and oxygen atoms in total. The first-order valence-corrected chi connectivity index (χ1v) is 11.0. The topological polar surface area (TPSA) is 39.6 Å². The van der Waals surface area contributed by atoms with E-state index in [0.717, 1.165) is 41.3 Å². The summed E-state index contributed by atoms with van der Waals surface area (Å²) in [4.78, 5) is 9.35. The van der Waals surface area contributed by atoms with Crippen molar-refractivity contribution >= 4 is 21.6 Å². The number of para-hydroxylation sites is 1. The SMILES string of the molecule is CN(C)CCN(Cc1ccccc1)Cc1cc(-c2nc3ccccc3s2)ccc1O. The number of likely N-dealkylation sites (N-methyl/N-ethyl adjacent to an activating group) is 1. The van der Waals surface area contributed by atoms with E-state index in [1.54, 1.807) is 17.4 Å². The number of aromatic nitrogens is 1. The molecule has 0 atom stereocenters. The van der Waals surface area contributed by atoms with Gasteiger partial charge in [0.1, 0.15) is 10.8 Å². The third-order valence-electron chi connectivity index (χ3n) is 5.13. The van der Waals surface area contributed by atoms with Gasteiger partial charge in [-0.3, -0.25) is 4.90 Å². The van der Waals surface area contributed by atoms with Gasteiger partial charge < -0.3 is 10.0 Å². The first-order valence-electron chi connectivity index (χ1n) is 10.2. The summed E-state index contributed by atoms with van der Waals surface area (Å²) < 4.78 is 1.18. The van der Waals surface area contributed by atoms with Crippen molar-refractivity contribution in [3.05, 3.63) is 83.9 Å². The molecule has 0 aliphatic carbocycles. The number of benzene rings is 3. The van der Waals surface area contributed by atoms with E-state index in [0.29, 0.717) is 12.3 Å². The van der Waals surface area contributed by atoms with Gasteiger partial charge >= 0.3 is 0 Å². The molecule has 0 aliphatic heterocycles. The van der Waals surface area contributed by atoms with Gasteiger partial charge in [-0.15, -0.1) is 11.3 Å². The van der Waals surface area contributed by atoms with Gasteiger partial charge in [0.15, 0.2) is 0 Å². The Morgan fingerprint density at radius 3 is 2.40 bits per heavy atom. The Morgan fingerprint density at radius 1 is 0.867 bits per heavy atom. The Hall–Kier alpha value is -2.73. The van der Waals surface area contributed by atoms with E-state index in [4.69, 9.17) is 4.98 Å². The molecule has 1 N–H and O–H groups in total. The van der Waals surface area contributed by atoms with Crippen LogP contribution >= 0.6 is 11.3 Å². The minimum absolute atomic E-state index is 0.336. The lowest BCUT2D eigenvalue weighted by molar-refractivity contribution is 0.224. The van der Waals surface area contributed by atoms with Crippen molar-refractivity contribution < 1.29 is 5.11 Å². The largest absolute Gasteiger partial charge is 0.508 e. The molecule has 154 valence electrons. The van der Waals surface area contributed by atoms with Gasteiger partial charge in [-0.05, 0) is 50.0 Å². The molecule has 0 aliphatic rings. The quantitative estimate of drug-likeness (QED) is 0.426. The summed E-state index contributed by atoms with van der Waals surface area (Å²) in [6.45, 7) is 3.42. The number of aromatic hydroxyl groups is 1. The third-order valence-corrected chi connectivity index (χ3v) is 6.21. The average Bonchev–Trinajstić information content (AvgIpc) is 3.18. The summed E-state index contributed by atoms with van der Waals surface area (Å²) in [6, 6.07) is 24.5. The summed E-state index contributed by atoms with van der Waals surface area (Å²) in [5, 5.41) is 11.5. The minimum atomic E-state index is 0.336. The summed E-state index contributed by atoms with van der Waals surface area (Å²) in [7, 11) is 4.18. The summed E-state index contributed by atoms with van der Waals surface area (Å²) in [5.74, 6) is 0.336. The average molecular weight is 418 g/mol. The zero-order chi connectivity index (χ0) is 20.9. The Labute approximate surface area is 182 Å². The van der Waals surface area contributed by atoms with Crippen molar-refractivity contribution in [2.75, 3.05) is 27.2 Å². The van der Waals surface area contributed by atoms with E-state index in [9.17, 15) is 5.11 Å². The minimum Gasteiger partial charge on any atom is -0.508 e. The molecular weight excluding hydrogens is 390 g/mol. The molecular formula is C25H27N3OS. The predicted molar refractivity (Wildman–Crippen MR) is 126 cm³/mol. The van der Waals surface area contributed by atoms with Crippen LogP contribution < -0.4 is 0 Å². The molecule has 1 aromatic heterocycles. The van der Waals surface area contributed by atoms with Gasteiger partial charge in [0.2, 0.25) is 0 Å². The second kappa shape index (κ2) is 9.39. The maximum absolute atomic E-state index is 10.6. The van der Waals surface area contributed by atoms with Crippen LogP contribution in [0.2, 0.25) is 0 Å². The lowest BCUT2D eigenvalue weighted by atomic mass is 10.1. The van der Waals surface area contributed by atoms with E-state index >= 15 is 0 Å². The number of hydrogen-bond acceptors (Lipinski definition) is 5. The maximum Gasteiger partial charge on any atom is 0.124 e. The molecule has 4 aromatic rings. The molecule has 0 saturated carbocycles. The van der Waals surface area contributed by atoms with Gasteiger partial charge in [0.05, 0.1) is 10.2 Å². The number of hydrogen-bond donors (Lipinski definition) is 1. The highest BCUT2D eigenvalue weighted by Crippen LogP contribution is 2.33. The molecule has 1 heterocycles. The smallest absolute Gasteiger partial charge is 0.124 e. The van der Waals surface area contributed by atoms with Gasteiger partial charge in [-0.1, -0.05) is 42.5 Å². The molecule has 30 heavy (non-hydrogen) atoms. The first kappa shape index (κ1) is 20.5. The lowest BCUT2D eigenvalue weighted by Crippen LogP contribution is -2.31. The highest BCUT2D eigenvalue weighted by Gasteiger charge is 2.13. The summed E-state index contributed by atoms with van der Waals surface area (Å²) in [6.07, 6.45) is 0. The summed E-state index contributed by atoms with van der Waals surface area (Å²) >= 11 is 1.69. The molecule has 3 aromatic carbocycles. The maximum atomic E-state index is 10.6. The molecule has 0 spiro atoms. The zero-order valence-electron chi connectivity index (χ0n) is 17.5. The van der Waals surface area contributed by atoms with Gasteiger partial charge in [0.25, 0.3) is 0 Å². The molecule has 0 unspecified atom stereocenters. The number of nitrogens with zero attached hydrogens (tertiary/aromatic N) is 3. The normalized spacial score (nSPS) is 11.6. The van der Waals surface area contributed by atoms with Crippen molar-refractivity contribution in [2.45, 2.75) is 13.1 Å². The first-order chi connectivity index (χ1) is 14.6. The van der Waals surface area contributed by atoms with Crippen LogP contribution in [0.5, 0.6) is 5.75 Å². The van der Waals surface area contributed by atoms with Crippen molar-refractivity contribution in [3.8, 4) is 16.3 Å². The van der Waals surface area contributed by atoms with E-state index in [-0.39, 0.29) is 0 Å². The molecule has 0 radical (unpaired) electrons. The second-order valence-electron chi connectivity index (χ2n) is 7.83. The van der Waals surface area contributed by atoms with Crippen LogP contribution in [0, 0.1) is 0 Å². The molecule has 4 rings (SSSR count). The lowest BCUT2D eigenvalue weighted by Gasteiger charge is -2.25. The number of phenolic OH excluding ortho intramolecular Hbond substituents is 1. The zero-order valence-corrected chi connectivity index (χ0v) is 18.3. The molecule has 0 amide bonds. The fraction of sp³-hybridized carbons (Fsp3) is 0.240. The Bertz CT molecular complexity index is 1070. The van der Waals surface area contributed by atoms with Gasteiger partial charge in [-0.25, -0.2) is 4.98 Å². The number of fused-ring (bicyclic) bond motifs is 1. The second-order valence-corrected chi connectivity index (χ2v) is 8.86. The Balaban J connectivity index is 1.59. The fourth-order valence-electron chi connectivity index (χ4n) is 3.48. The monoisotopic (exact) mass is 417 g/mol. The predicted octanol–water partition coefficient (Wildman–Crippen LogP) is 5.23. The van der Waals surface area contributed by atoms with E-state index in [1.807, 2.05) is 30.3 Å². The van der Waals surface area contributed by atoms with Crippen molar-refractivity contribution in [2.24, 2.45) is 0 Å². The Morgan fingerprint density at radius 2 is 1.63 bits per heavy atom. The fourth-order valence-corrected chi connectivity index (χ4v) is 4.44. The van der Waals surface area contributed by atoms with E-state index in [2.05, 4.69) is 60.3 Å². The van der Waals surface area contributed by atoms with Crippen LogP contribution in [-0.4, -0.2) is 47.1 Å². The van der Waals surface area contributed by atoms with Crippen LogP contribution in [0.15, 0.2) is 72.8 Å². The summed E-state index contributed by atoms with van der Waals surface area (Å²) in [5.41, 5.74) is 4.28. The molecule has 5 heteroatoms. The van der Waals surface area contributed by atoms with Crippen molar-refractivity contribution in [3.63, 3.8) is 0 Å². The van der Waals surface area contributed by atoms with Crippen LogP contribution in [-0.2, 0) is 13.1 Å². The molecule has 0 bridgehead atoms. The van der Waals surface area contributed by atoms with Crippen molar-refractivity contribution in [1.29, 1.82) is 0 Å². The van der Waals surface area contributed by atoms with Gasteiger partial charge in [-0.2, -0.15) is 0 Å². The standard InChI is InChI=1S/C25H27N3OS/c1-27(2)14-15-28(17-19-8-4-3-5-9-19)18-21-16-20(12-13-23(21)29)25-26-22-10-6-7-11-24(22)30-25/h3-13,16,29H,14-15,17-18H2,1-2H3. The van der Waals surface area contributed by atoms with E-state index in [1.165, 1.54) is 10.3 Å². The van der Waals surface area contributed by atoms with Crippen LogP contribution in [0.25, 0.3) is 20.8 Å². The number of phenols is 1. The number of thiazole rings is 1. The molecule has 0 fully saturated rings. The Kier molecular flexibility index (Phi) is 6.43. The van der Waals surface area contributed by atoms with Crippen LogP contribution in [0.3, 0.4) is 0 Å². The van der Waals surface area contributed by atoms with E-state index < -0.39 is 0 Å². The van der Waals surface area contributed by atoms with Gasteiger partial charge in [0, 0.05) is 37.3 Å². The number of rotatable bonds is 8. The van der Waals surface area contributed by atoms with Crippen LogP contribution in [0.1, 0.15) is 11.1 Å². The highest BCUT2D eigenvalue weighted by atomic mass is 32.1. The van der Waals surface area contributed by atoms with Crippen LogP contribution in [0.4, 0.5) is 0 Å². The highest BCUT2D eigenvalue weighted by molar-refractivity contribution is 7.21.